The Morgan fingerprint density at radius 3 is 2.60 bits per heavy atom. The van der Waals surface area contributed by atoms with Crippen molar-refractivity contribution in [3.05, 3.63) is 58.1 Å². The minimum absolute atomic E-state index is 0.713. The van der Waals surface area contributed by atoms with Crippen LogP contribution in [-0.4, -0.2) is 6.04 Å². The molecule has 1 aliphatic rings. The van der Waals surface area contributed by atoms with Crippen LogP contribution in [0.25, 0.3) is 11.1 Å². The summed E-state index contributed by atoms with van der Waals surface area (Å²) in [5, 5.41) is 4.37. The first-order chi connectivity index (χ1) is 9.63. The number of nitrogens with one attached hydrogen (secondary N) is 1. The third kappa shape index (κ3) is 3.05. The molecule has 0 aliphatic heterocycles. The Labute approximate surface area is 126 Å². The predicted octanol–water partition coefficient (Wildman–Crippen LogP) is 4.88. The largest absolute Gasteiger partial charge is 0.310 e. The summed E-state index contributed by atoms with van der Waals surface area (Å²) in [6, 6.07) is 13.7. The average molecular weight is 286 g/mol. The summed E-state index contributed by atoms with van der Waals surface area (Å²) < 4.78 is 0. The second kappa shape index (κ2) is 5.59. The molecule has 0 amide bonds. The third-order valence-electron chi connectivity index (χ3n) is 3.92. The Hall–Kier alpha value is -1.31. The number of hydrogen-bond donors (Lipinski definition) is 1. The van der Waals surface area contributed by atoms with Crippen LogP contribution in [-0.2, 0) is 6.54 Å². The summed E-state index contributed by atoms with van der Waals surface area (Å²) in [6.45, 7) is 5.14. The van der Waals surface area contributed by atoms with E-state index in [2.05, 4.69) is 55.6 Å². The first-order valence-electron chi connectivity index (χ1n) is 7.23. The van der Waals surface area contributed by atoms with Gasteiger partial charge in [0.15, 0.2) is 0 Å². The number of aryl methyl sites for hydroxylation is 2. The minimum atomic E-state index is 0.713. The van der Waals surface area contributed by atoms with Gasteiger partial charge in [-0.3, -0.25) is 0 Å². The van der Waals surface area contributed by atoms with Gasteiger partial charge < -0.3 is 5.32 Å². The number of benzene rings is 2. The van der Waals surface area contributed by atoms with Crippen LogP contribution in [0.3, 0.4) is 0 Å². The van der Waals surface area contributed by atoms with Crippen LogP contribution in [0.4, 0.5) is 0 Å². The van der Waals surface area contributed by atoms with E-state index in [-0.39, 0.29) is 0 Å². The number of halogens is 1. The number of rotatable bonds is 4. The zero-order chi connectivity index (χ0) is 14.1. The van der Waals surface area contributed by atoms with Crippen LogP contribution in [0.15, 0.2) is 36.4 Å². The maximum atomic E-state index is 6.44. The molecule has 0 spiro atoms. The van der Waals surface area contributed by atoms with Gasteiger partial charge in [-0.1, -0.05) is 47.5 Å². The standard InChI is InChI=1S/C18H20ClN/c1-12-3-4-13(2)17(9-12)14-5-6-15(18(19)10-14)11-20-16-7-8-16/h3-6,9-10,16,20H,7-8,11H2,1-2H3. The van der Waals surface area contributed by atoms with Gasteiger partial charge in [-0.25, -0.2) is 0 Å². The molecule has 0 saturated heterocycles. The molecule has 3 rings (SSSR count). The molecule has 1 nitrogen and oxygen atoms in total. The van der Waals surface area contributed by atoms with Crippen molar-refractivity contribution in [3.8, 4) is 11.1 Å². The Morgan fingerprint density at radius 2 is 1.90 bits per heavy atom. The molecule has 104 valence electrons. The molecule has 2 heteroatoms. The monoisotopic (exact) mass is 285 g/mol. The van der Waals surface area contributed by atoms with Gasteiger partial charge in [0.25, 0.3) is 0 Å². The van der Waals surface area contributed by atoms with Crippen LogP contribution in [0.2, 0.25) is 5.02 Å². The molecule has 0 unspecified atom stereocenters. The fourth-order valence-electron chi connectivity index (χ4n) is 2.45. The van der Waals surface area contributed by atoms with Crippen LogP contribution >= 0.6 is 11.6 Å². The van der Waals surface area contributed by atoms with Crippen LogP contribution in [0.1, 0.15) is 29.5 Å². The smallest absolute Gasteiger partial charge is 0.0457 e. The van der Waals surface area contributed by atoms with Gasteiger partial charge in [-0.2, -0.15) is 0 Å². The van der Waals surface area contributed by atoms with Crippen molar-refractivity contribution < 1.29 is 0 Å². The predicted molar refractivity (Wildman–Crippen MR) is 86.2 cm³/mol. The van der Waals surface area contributed by atoms with E-state index < -0.39 is 0 Å². The van der Waals surface area contributed by atoms with Gasteiger partial charge in [0, 0.05) is 17.6 Å². The van der Waals surface area contributed by atoms with E-state index in [9.17, 15) is 0 Å². The van der Waals surface area contributed by atoms with Gasteiger partial charge >= 0.3 is 0 Å². The molecular formula is C18H20ClN. The molecule has 0 bridgehead atoms. The van der Waals surface area contributed by atoms with Gasteiger partial charge in [-0.15, -0.1) is 0 Å². The van der Waals surface area contributed by atoms with E-state index in [4.69, 9.17) is 11.6 Å². The van der Waals surface area contributed by atoms with Gasteiger partial charge in [0.1, 0.15) is 0 Å². The van der Waals surface area contributed by atoms with E-state index in [0.717, 1.165) is 11.6 Å². The third-order valence-corrected chi connectivity index (χ3v) is 4.27. The van der Waals surface area contributed by atoms with Crippen molar-refractivity contribution in [2.75, 3.05) is 0 Å². The van der Waals surface area contributed by atoms with Crippen molar-refractivity contribution in [1.29, 1.82) is 0 Å². The average Bonchev–Trinajstić information content (AvgIpc) is 3.24. The van der Waals surface area contributed by atoms with Crippen molar-refractivity contribution in [2.45, 2.75) is 39.3 Å². The molecule has 2 aromatic carbocycles. The lowest BCUT2D eigenvalue weighted by Crippen LogP contribution is -2.15. The summed E-state index contributed by atoms with van der Waals surface area (Å²) in [4.78, 5) is 0. The highest BCUT2D eigenvalue weighted by Crippen LogP contribution is 2.29. The van der Waals surface area contributed by atoms with Crippen molar-refractivity contribution >= 4 is 11.6 Å². The Morgan fingerprint density at radius 1 is 1.10 bits per heavy atom. The summed E-state index contributed by atoms with van der Waals surface area (Å²) in [6.07, 6.45) is 2.61. The summed E-state index contributed by atoms with van der Waals surface area (Å²) in [5.41, 5.74) is 6.23. The summed E-state index contributed by atoms with van der Waals surface area (Å²) in [5.74, 6) is 0. The van der Waals surface area contributed by atoms with E-state index in [0.29, 0.717) is 6.04 Å². The lowest BCUT2D eigenvalue weighted by atomic mass is 9.97. The van der Waals surface area contributed by atoms with Gasteiger partial charge in [-0.05, 0) is 55.0 Å². The molecule has 1 fully saturated rings. The fourth-order valence-corrected chi connectivity index (χ4v) is 2.69. The Kier molecular flexibility index (Phi) is 3.82. The molecule has 20 heavy (non-hydrogen) atoms. The first kappa shape index (κ1) is 13.7. The van der Waals surface area contributed by atoms with Gasteiger partial charge in [0.05, 0.1) is 0 Å². The summed E-state index contributed by atoms with van der Waals surface area (Å²) in [7, 11) is 0. The van der Waals surface area contributed by atoms with Crippen molar-refractivity contribution in [3.63, 3.8) is 0 Å². The molecule has 2 aromatic rings. The highest BCUT2D eigenvalue weighted by molar-refractivity contribution is 6.31. The fraction of sp³-hybridized carbons (Fsp3) is 0.333. The minimum Gasteiger partial charge on any atom is -0.310 e. The van der Waals surface area contributed by atoms with Crippen LogP contribution < -0.4 is 5.32 Å². The Balaban J connectivity index is 1.86. The maximum absolute atomic E-state index is 6.44. The highest BCUT2D eigenvalue weighted by atomic mass is 35.5. The lowest BCUT2D eigenvalue weighted by Gasteiger charge is -2.11. The highest BCUT2D eigenvalue weighted by Gasteiger charge is 2.20. The Bertz CT molecular complexity index is 629. The molecule has 0 radical (unpaired) electrons. The van der Waals surface area contributed by atoms with E-state index in [1.165, 1.54) is 40.7 Å². The second-order valence-electron chi connectivity index (χ2n) is 5.78. The normalized spacial score (nSPS) is 14.6. The molecule has 0 heterocycles. The van der Waals surface area contributed by atoms with Crippen molar-refractivity contribution in [2.24, 2.45) is 0 Å². The quantitative estimate of drug-likeness (QED) is 0.844. The molecular weight excluding hydrogens is 266 g/mol. The molecule has 0 atom stereocenters. The number of hydrogen-bond acceptors (Lipinski definition) is 1. The lowest BCUT2D eigenvalue weighted by molar-refractivity contribution is 0.688. The molecule has 1 N–H and O–H groups in total. The van der Waals surface area contributed by atoms with Crippen molar-refractivity contribution in [1.82, 2.24) is 5.32 Å². The second-order valence-corrected chi connectivity index (χ2v) is 6.19. The van der Waals surface area contributed by atoms with E-state index in [1.807, 2.05) is 0 Å². The molecule has 0 aromatic heterocycles. The summed E-state index contributed by atoms with van der Waals surface area (Å²) >= 11 is 6.44. The maximum Gasteiger partial charge on any atom is 0.0457 e. The van der Waals surface area contributed by atoms with Crippen LogP contribution in [0.5, 0.6) is 0 Å². The van der Waals surface area contributed by atoms with E-state index >= 15 is 0 Å². The molecule has 1 aliphatic carbocycles. The van der Waals surface area contributed by atoms with E-state index in [1.54, 1.807) is 0 Å². The SMILES string of the molecule is Cc1ccc(C)c(-c2ccc(CNC3CC3)c(Cl)c2)c1. The zero-order valence-electron chi connectivity index (χ0n) is 12.0. The zero-order valence-corrected chi connectivity index (χ0v) is 12.8. The topological polar surface area (TPSA) is 12.0 Å². The van der Waals surface area contributed by atoms with Crippen LogP contribution in [0, 0.1) is 13.8 Å². The first-order valence-corrected chi connectivity index (χ1v) is 7.61. The molecule has 1 saturated carbocycles. The van der Waals surface area contributed by atoms with Gasteiger partial charge in [0.2, 0.25) is 0 Å².